The van der Waals surface area contributed by atoms with Gasteiger partial charge in [0.2, 0.25) is 0 Å². The Kier molecular flexibility index (Phi) is 6.83. The molecular weight excluding hydrogens is 372 g/mol. The van der Waals surface area contributed by atoms with Crippen LogP contribution in [0.2, 0.25) is 0 Å². The van der Waals surface area contributed by atoms with Crippen LogP contribution in [0.1, 0.15) is 22.5 Å². The number of rotatable bonds is 9. The third-order valence-corrected chi connectivity index (χ3v) is 4.11. The minimum absolute atomic E-state index is 0.100. The van der Waals surface area contributed by atoms with E-state index in [-0.39, 0.29) is 5.70 Å². The maximum atomic E-state index is 12.6. The second kappa shape index (κ2) is 9.93. The van der Waals surface area contributed by atoms with E-state index in [2.05, 4.69) is 15.6 Å². The van der Waals surface area contributed by atoms with Crippen molar-refractivity contribution < 1.29 is 18.7 Å². The number of methoxy groups -OCH3 is 1. The van der Waals surface area contributed by atoms with Gasteiger partial charge in [-0.1, -0.05) is 0 Å². The van der Waals surface area contributed by atoms with Crippen molar-refractivity contribution in [3.63, 3.8) is 0 Å². The van der Waals surface area contributed by atoms with E-state index >= 15 is 0 Å². The summed E-state index contributed by atoms with van der Waals surface area (Å²) in [5.41, 5.74) is 0.507. The Hall–Kier alpha value is -3.81. The number of imidazole rings is 1. The molecule has 3 rings (SSSR count). The molecule has 150 valence electrons. The van der Waals surface area contributed by atoms with Gasteiger partial charge in [-0.15, -0.1) is 0 Å². The molecule has 0 aliphatic rings. The molecule has 0 atom stereocenters. The highest BCUT2D eigenvalue weighted by Crippen LogP contribution is 2.12. The Morgan fingerprint density at radius 1 is 1.24 bits per heavy atom. The summed E-state index contributed by atoms with van der Waals surface area (Å²) in [6.07, 6.45) is 9.00. The number of benzene rings is 1. The summed E-state index contributed by atoms with van der Waals surface area (Å²) in [5, 5.41) is 5.47. The van der Waals surface area contributed by atoms with Gasteiger partial charge in [0, 0.05) is 37.1 Å². The van der Waals surface area contributed by atoms with Crippen molar-refractivity contribution in [1.82, 2.24) is 20.2 Å². The molecule has 0 bridgehead atoms. The fourth-order valence-electron chi connectivity index (χ4n) is 2.59. The van der Waals surface area contributed by atoms with E-state index in [9.17, 15) is 9.59 Å². The number of furan rings is 1. The van der Waals surface area contributed by atoms with Crippen LogP contribution in [0.3, 0.4) is 0 Å². The second-order valence-corrected chi connectivity index (χ2v) is 6.17. The quantitative estimate of drug-likeness (QED) is 0.429. The van der Waals surface area contributed by atoms with Crippen LogP contribution in [0.5, 0.6) is 5.75 Å². The lowest BCUT2D eigenvalue weighted by atomic mass is 10.2. The topological polar surface area (TPSA) is 98.4 Å². The first-order valence-electron chi connectivity index (χ1n) is 9.10. The van der Waals surface area contributed by atoms with Gasteiger partial charge >= 0.3 is 0 Å². The largest absolute Gasteiger partial charge is 0.497 e. The zero-order valence-corrected chi connectivity index (χ0v) is 16.0. The number of aryl methyl sites for hydroxylation is 1. The highest BCUT2D eigenvalue weighted by molar-refractivity contribution is 6.05. The first-order chi connectivity index (χ1) is 14.2. The average Bonchev–Trinajstić information content (AvgIpc) is 3.45. The monoisotopic (exact) mass is 394 g/mol. The summed E-state index contributed by atoms with van der Waals surface area (Å²) in [6, 6.07) is 10.0. The van der Waals surface area contributed by atoms with Crippen molar-refractivity contribution in [2.45, 2.75) is 13.0 Å². The SMILES string of the molecule is COc1ccc(C(=O)N/C(=C/c2ccco2)C(=O)NCCCn2ccnc2)cc1. The van der Waals surface area contributed by atoms with Crippen LogP contribution >= 0.6 is 0 Å². The lowest BCUT2D eigenvalue weighted by Crippen LogP contribution is -2.35. The van der Waals surface area contributed by atoms with Gasteiger partial charge in [-0.05, 0) is 42.8 Å². The van der Waals surface area contributed by atoms with Crippen LogP contribution < -0.4 is 15.4 Å². The molecule has 0 fully saturated rings. The summed E-state index contributed by atoms with van der Waals surface area (Å²) in [5.74, 6) is 0.306. The van der Waals surface area contributed by atoms with Gasteiger partial charge in [-0.25, -0.2) is 4.98 Å². The third kappa shape index (κ3) is 5.83. The van der Waals surface area contributed by atoms with Gasteiger partial charge < -0.3 is 24.4 Å². The summed E-state index contributed by atoms with van der Waals surface area (Å²) in [7, 11) is 1.55. The van der Waals surface area contributed by atoms with E-state index in [1.54, 1.807) is 56.0 Å². The molecule has 0 aliphatic heterocycles. The fourth-order valence-corrected chi connectivity index (χ4v) is 2.59. The highest BCUT2D eigenvalue weighted by atomic mass is 16.5. The van der Waals surface area contributed by atoms with Crippen molar-refractivity contribution in [3.05, 3.63) is 78.4 Å². The Bertz CT molecular complexity index is 945. The lowest BCUT2D eigenvalue weighted by Gasteiger charge is -2.11. The smallest absolute Gasteiger partial charge is 0.267 e. The molecule has 29 heavy (non-hydrogen) atoms. The molecule has 8 heteroatoms. The Morgan fingerprint density at radius 3 is 2.72 bits per heavy atom. The van der Waals surface area contributed by atoms with Gasteiger partial charge in [0.1, 0.15) is 17.2 Å². The maximum Gasteiger partial charge on any atom is 0.267 e. The van der Waals surface area contributed by atoms with E-state index in [4.69, 9.17) is 9.15 Å². The number of amides is 2. The Labute approximate surface area is 168 Å². The molecule has 0 unspecified atom stereocenters. The summed E-state index contributed by atoms with van der Waals surface area (Å²) in [4.78, 5) is 29.2. The molecule has 0 saturated heterocycles. The molecule has 1 aromatic carbocycles. The van der Waals surface area contributed by atoms with Crippen LogP contribution in [0, 0.1) is 0 Å². The summed E-state index contributed by atoms with van der Waals surface area (Å²) >= 11 is 0. The van der Waals surface area contributed by atoms with Crippen molar-refractivity contribution in [2.24, 2.45) is 0 Å². The molecule has 0 saturated carbocycles. The maximum absolute atomic E-state index is 12.6. The first kappa shape index (κ1) is 19.9. The van der Waals surface area contributed by atoms with Crippen molar-refractivity contribution >= 4 is 17.9 Å². The van der Waals surface area contributed by atoms with Gasteiger partial charge in [0.25, 0.3) is 11.8 Å². The third-order valence-electron chi connectivity index (χ3n) is 4.11. The molecule has 2 heterocycles. The van der Waals surface area contributed by atoms with Crippen LogP contribution in [0.4, 0.5) is 0 Å². The number of nitrogens with zero attached hydrogens (tertiary/aromatic N) is 2. The first-order valence-corrected chi connectivity index (χ1v) is 9.10. The normalized spacial score (nSPS) is 11.1. The van der Waals surface area contributed by atoms with Gasteiger partial charge in [0.05, 0.1) is 19.7 Å². The number of carbonyl (C=O) groups is 2. The number of hydrogen-bond donors (Lipinski definition) is 2. The van der Waals surface area contributed by atoms with Gasteiger partial charge in [0.15, 0.2) is 0 Å². The van der Waals surface area contributed by atoms with E-state index in [0.29, 0.717) is 23.6 Å². The molecule has 2 N–H and O–H groups in total. The van der Waals surface area contributed by atoms with Crippen LogP contribution in [-0.2, 0) is 11.3 Å². The summed E-state index contributed by atoms with van der Waals surface area (Å²) in [6.45, 7) is 1.18. The fraction of sp³-hybridized carbons (Fsp3) is 0.190. The molecule has 8 nitrogen and oxygen atoms in total. The minimum Gasteiger partial charge on any atom is -0.497 e. The summed E-state index contributed by atoms with van der Waals surface area (Å²) < 4.78 is 12.3. The number of hydrogen-bond acceptors (Lipinski definition) is 5. The molecule has 0 radical (unpaired) electrons. The predicted molar refractivity (Wildman–Crippen MR) is 107 cm³/mol. The van der Waals surface area contributed by atoms with Crippen molar-refractivity contribution in [2.75, 3.05) is 13.7 Å². The number of aromatic nitrogens is 2. The zero-order valence-electron chi connectivity index (χ0n) is 16.0. The molecule has 0 aliphatic carbocycles. The van der Waals surface area contributed by atoms with Gasteiger partial charge in [-0.2, -0.15) is 0 Å². The van der Waals surface area contributed by atoms with E-state index < -0.39 is 11.8 Å². The second-order valence-electron chi connectivity index (χ2n) is 6.17. The van der Waals surface area contributed by atoms with Crippen LogP contribution in [0.25, 0.3) is 6.08 Å². The lowest BCUT2D eigenvalue weighted by molar-refractivity contribution is -0.117. The molecule has 0 spiro atoms. The van der Waals surface area contributed by atoms with E-state index in [1.165, 1.54) is 12.3 Å². The minimum atomic E-state index is -0.404. The highest BCUT2D eigenvalue weighted by Gasteiger charge is 2.15. The van der Waals surface area contributed by atoms with Crippen LogP contribution in [0.15, 0.2) is 71.5 Å². The zero-order chi connectivity index (χ0) is 20.5. The Morgan fingerprint density at radius 2 is 2.07 bits per heavy atom. The van der Waals surface area contributed by atoms with Crippen molar-refractivity contribution in [1.29, 1.82) is 0 Å². The number of ether oxygens (including phenoxy) is 1. The van der Waals surface area contributed by atoms with Crippen LogP contribution in [-0.4, -0.2) is 35.0 Å². The predicted octanol–water partition coefficient (Wildman–Crippen LogP) is 2.46. The molecule has 2 amide bonds. The van der Waals surface area contributed by atoms with E-state index in [1.807, 2.05) is 10.8 Å². The average molecular weight is 394 g/mol. The van der Waals surface area contributed by atoms with Crippen molar-refractivity contribution in [3.8, 4) is 5.75 Å². The van der Waals surface area contributed by atoms with Gasteiger partial charge in [-0.3, -0.25) is 9.59 Å². The number of carbonyl (C=O) groups excluding carboxylic acids is 2. The molecular formula is C21H22N4O4. The molecule has 2 aromatic heterocycles. The molecule has 3 aromatic rings. The van der Waals surface area contributed by atoms with E-state index in [0.717, 1.165) is 13.0 Å². The number of nitrogens with one attached hydrogen (secondary N) is 2. The Balaban J connectivity index is 1.63. The standard InChI is InChI=1S/C21H22N4O4/c1-28-17-7-5-16(6-8-17)20(26)24-19(14-18-4-2-13-29-18)21(27)23-9-3-11-25-12-10-22-15-25/h2,4-8,10,12-15H,3,9,11H2,1H3,(H,23,27)(H,24,26)/b19-14+.